The molecule has 142 valence electrons. The molecule has 2 aromatic rings. The summed E-state index contributed by atoms with van der Waals surface area (Å²) >= 11 is 0. The zero-order chi connectivity index (χ0) is 18.9. The lowest BCUT2D eigenvalue weighted by atomic mass is 9.89. The third-order valence-electron chi connectivity index (χ3n) is 5.80. The number of carbonyl (C=O) groups excluding carboxylic acids is 1. The maximum absolute atomic E-state index is 13.4. The van der Waals surface area contributed by atoms with Gasteiger partial charge in [0.2, 0.25) is 5.91 Å². The number of rotatable bonds is 4. The van der Waals surface area contributed by atoms with E-state index < -0.39 is 5.54 Å². The second-order valence-electron chi connectivity index (χ2n) is 7.72. The van der Waals surface area contributed by atoms with Crippen molar-refractivity contribution < 1.29 is 4.79 Å². The second kappa shape index (κ2) is 7.27. The average Bonchev–Trinajstić information content (AvgIpc) is 3.07. The summed E-state index contributed by atoms with van der Waals surface area (Å²) in [4.78, 5) is 34.5. The maximum Gasteiger partial charge on any atom is 0.251 e. The number of hydrogen-bond donors (Lipinski definition) is 2. The van der Waals surface area contributed by atoms with Gasteiger partial charge in [0.25, 0.3) is 5.56 Å². The summed E-state index contributed by atoms with van der Waals surface area (Å²) in [6.07, 6.45) is 4.99. The van der Waals surface area contributed by atoms with Gasteiger partial charge in [-0.2, -0.15) is 0 Å². The first-order chi connectivity index (χ1) is 13.1. The van der Waals surface area contributed by atoms with Crippen LogP contribution in [0.1, 0.15) is 41.9 Å². The highest BCUT2D eigenvalue weighted by atomic mass is 16.2. The number of H-pyrrole nitrogens is 1. The zero-order valence-electron chi connectivity index (χ0n) is 15.8. The zero-order valence-corrected chi connectivity index (χ0v) is 15.8. The summed E-state index contributed by atoms with van der Waals surface area (Å²) in [7, 11) is 0. The molecule has 1 aliphatic carbocycles. The first-order valence-corrected chi connectivity index (χ1v) is 9.74. The molecular weight excluding hydrogens is 340 g/mol. The number of hydrogen-bond acceptors (Lipinski definition) is 4. The number of benzene rings is 1. The van der Waals surface area contributed by atoms with Crippen LogP contribution in [0.25, 0.3) is 0 Å². The molecule has 0 spiro atoms. The van der Waals surface area contributed by atoms with E-state index >= 15 is 0 Å². The minimum absolute atomic E-state index is 0.0322. The van der Waals surface area contributed by atoms with Crippen molar-refractivity contribution in [1.29, 1.82) is 0 Å². The molecule has 27 heavy (non-hydrogen) atoms. The van der Waals surface area contributed by atoms with E-state index in [1.807, 2.05) is 12.1 Å². The Labute approximate surface area is 159 Å². The molecular formula is C21H26N4O2. The van der Waals surface area contributed by atoms with E-state index in [4.69, 9.17) is 0 Å². The van der Waals surface area contributed by atoms with Crippen LogP contribution < -0.4 is 10.9 Å². The van der Waals surface area contributed by atoms with Gasteiger partial charge in [0.15, 0.2) is 0 Å². The molecule has 1 fully saturated rings. The van der Waals surface area contributed by atoms with Crippen LogP contribution in [0.2, 0.25) is 0 Å². The van der Waals surface area contributed by atoms with Gasteiger partial charge in [-0.3, -0.25) is 14.5 Å². The van der Waals surface area contributed by atoms with Gasteiger partial charge in [0.1, 0.15) is 11.4 Å². The summed E-state index contributed by atoms with van der Waals surface area (Å²) in [6.45, 7) is 3.94. The van der Waals surface area contributed by atoms with Crippen LogP contribution in [0.3, 0.4) is 0 Å². The molecule has 1 aromatic carbocycles. The largest absolute Gasteiger partial charge is 0.347 e. The number of fused-ring (bicyclic) bond motifs is 1. The normalized spacial score (nSPS) is 18.9. The summed E-state index contributed by atoms with van der Waals surface area (Å²) in [5.74, 6) is 0.530. The first-order valence-electron chi connectivity index (χ1n) is 9.74. The van der Waals surface area contributed by atoms with E-state index in [0.29, 0.717) is 11.5 Å². The summed E-state index contributed by atoms with van der Waals surface area (Å²) in [5.41, 5.74) is 2.46. The van der Waals surface area contributed by atoms with Gasteiger partial charge in [-0.1, -0.05) is 30.7 Å². The monoisotopic (exact) mass is 366 g/mol. The van der Waals surface area contributed by atoms with Gasteiger partial charge in [-0.15, -0.1) is 0 Å². The Balaban J connectivity index is 1.57. The summed E-state index contributed by atoms with van der Waals surface area (Å²) in [5, 5.41) is 3.06. The van der Waals surface area contributed by atoms with E-state index in [1.54, 1.807) is 6.92 Å². The van der Waals surface area contributed by atoms with Crippen LogP contribution in [0, 0.1) is 6.92 Å². The van der Waals surface area contributed by atoms with Crippen molar-refractivity contribution >= 4 is 5.91 Å². The van der Waals surface area contributed by atoms with Gasteiger partial charge in [-0.05, 0) is 44.0 Å². The Morgan fingerprint density at radius 2 is 1.85 bits per heavy atom. The standard InChI is InChI=1S/C21H26N4O2/c1-15-11-19(26)24-18(23-15)14-22-20(27)21(25-9-5-2-6-10-25)12-16-7-3-4-8-17(16)13-21/h3-4,7-8,11H,2,5-6,9-10,12-14H2,1H3,(H,22,27)(H,23,24,26). The number of aryl methyl sites for hydroxylation is 1. The lowest BCUT2D eigenvalue weighted by molar-refractivity contribution is -0.134. The number of carbonyl (C=O) groups is 1. The Bertz CT molecular complexity index is 874. The number of amides is 1. The van der Waals surface area contributed by atoms with Crippen molar-refractivity contribution in [3.05, 3.63) is 63.3 Å². The molecule has 4 rings (SSSR count). The molecule has 2 N–H and O–H groups in total. The van der Waals surface area contributed by atoms with Crippen molar-refractivity contribution in [2.45, 2.75) is 51.1 Å². The average molecular weight is 366 g/mol. The van der Waals surface area contributed by atoms with E-state index in [9.17, 15) is 9.59 Å². The highest BCUT2D eigenvalue weighted by Gasteiger charge is 2.48. The van der Waals surface area contributed by atoms with Crippen LogP contribution >= 0.6 is 0 Å². The summed E-state index contributed by atoms with van der Waals surface area (Å²) in [6, 6.07) is 9.81. The second-order valence-corrected chi connectivity index (χ2v) is 7.72. The van der Waals surface area contributed by atoms with Crippen molar-refractivity contribution in [1.82, 2.24) is 20.2 Å². The quantitative estimate of drug-likeness (QED) is 0.864. The SMILES string of the molecule is Cc1cc(=O)[nH]c(CNC(=O)C2(N3CCCCC3)Cc3ccccc3C2)n1. The number of nitrogens with zero attached hydrogens (tertiary/aromatic N) is 2. The Morgan fingerprint density at radius 3 is 2.48 bits per heavy atom. The molecule has 1 aliphatic heterocycles. The van der Waals surface area contributed by atoms with Crippen LogP contribution in [0.15, 0.2) is 35.1 Å². The molecule has 0 bridgehead atoms. The molecule has 0 unspecified atom stereocenters. The molecule has 6 nitrogen and oxygen atoms in total. The molecule has 6 heteroatoms. The highest BCUT2D eigenvalue weighted by molar-refractivity contribution is 5.88. The van der Waals surface area contributed by atoms with Gasteiger partial charge < -0.3 is 10.3 Å². The molecule has 0 saturated carbocycles. The van der Waals surface area contributed by atoms with Gasteiger partial charge >= 0.3 is 0 Å². The molecule has 2 heterocycles. The van der Waals surface area contributed by atoms with E-state index in [1.165, 1.54) is 23.6 Å². The minimum atomic E-state index is -0.534. The van der Waals surface area contributed by atoms with Crippen molar-refractivity contribution in [3.63, 3.8) is 0 Å². The van der Waals surface area contributed by atoms with Gasteiger partial charge in [0.05, 0.1) is 6.54 Å². The Hall–Kier alpha value is -2.47. The Kier molecular flexibility index (Phi) is 4.83. The van der Waals surface area contributed by atoms with Crippen molar-refractivity contribution in [3.8, 4) is 0 Å². The number of aromatic nitrogens is 2. The molecule has 2 aliphatic rings. The van der Waals surface area contributed by atoms with Crippen molar-refractivity contribution in [2.24, 2.45) is 0 Å². The van der Waals surface area contributed by atoms with Gasteiger partial charge in [0, 0.05) is 24.6 Å². The summed E-state index contributed by atoms with van der Waals surface area (Å²) < 4.78 is 0. The lowest BCUT2D eigenvalue weighted by Gasteiger charge is -2.42. The highest BCUT2D eigenvalue weighted by Crippen LogP contribution is 2.36. The number of aromatic amines is 1. The fourth-order valence-electron chi connectivity index (χ4n) is 4.50. The fraction of sp³-hybridized carbons (Fsp3) is 0.476. The predicted molar refractivity (Wildman–Crippen MR) is 103 cm³/mol. The molecule has 1 saturated heterocycles. The minimum Gasteiger partial charge on any atom is -0.347 e. The third-order valence-corrected chi connectivity index (χ3v) is 5.80. The predicted octanol–water partition coefficient (Wildman–Crippen LogP) is 1.72. The number of piperidine rings is 1. The molecule has 1 amide bonds. The fourth-order valence-corrected chi connectivity index (χ4v) is 4.50. The molecule has 1 aromatic heterocycles. The molecule has 0 atom stereocenters. The maximum atomic E-state index is 13.4. The van der Waals surface area contributed by atoms with Crippen LogP contribution in [-0.2, 0) is 24.2 Å². The first kappa shape index (κ1) is 17.9. The van der Waals surface area contributed by atoms with Gasteiger partial charge in [-0.25, -0.2) is 4.98 Å². The topological polar surface area (TPSA) is 78.1 Å². The lowest BCUT2D eigenvalue weighted by Crippen LogP contribution is -2.60. The number of likely N-dealkylation sites (tertiary alicyclic amines) is 1. The van der Waals surface area contributed by atoms with E-state index in [2.05, 4.69) is 32.3 Å². The number of nitrogens with one attached hydrogen (secondary N) is 2. The molecule has 0 radical (unpaired) electrons. The van der Waals surface area contributed by atoms with Crippen LogP contribution in [-0.4, -0.2) is 39.4 Å². The Morgan fingerprint density at radius 1 is 1.19 bits per heavy atom. The van der Waals surface area contributed by atoms with Crippen molar-refractivity contribution in [2.75, 3.05) is 13.1 Å². The van der Waals surface area contributed by atoms with Crippen LogP contribution in [0.5, 0.6) is 0 Å². The van der Waals surface area contributed by atoms with Crippen LogP contribution in [0.4, 0.5) is 0 Å². The van der Waals surface area contributed by atoms with E-state index in [0.717, 1.165) is 38.8 Å². The smallest absolute Gasteiger partial charge is 0.251 e. The van der Waals surface area contributed by atoms with E-state index in [-0.39, 0.29) is 18.0 Å². The third kappa shape index (κ3) is 3.54.